The zero-order chi connectivity index (χ0) is 16.4. The maximum Gasteiger partial charge on any atom is 0.240 e. The molecule has 1 aromatic carbocycles. The van der Waals surface area contributed by atoms with Crippen molar-refractivity contribution >= 4 is 27.1 Å². The topological polar surface area (TPSA) is 83.5 Å². The van der Waals surface area contributed by atoms with Gasteiger partial charge in [0.1, 0.15) is 5.60 Å². The molecule has 0 aliphatic rings. The molecule has 0 amide bonds. The van der Waals surface area contributed by atoms with Crippen molar-refractivity contribution in [2.45, 2.75) is 24.3 Å². The molecule has 2 aromatic rings. The second-order valence-corrected chi connectivity index (χ2v) is 7.87. The first kappa shape index (κ1) is 16.8. The van der Waals surface area contributed by atoms with Crippen LogP contribution in [-0.2, 0) is 15.6 Å². The maximum absolute atomic E-state index is 12.3. The van der Waals surface area contributed by atoms with Crippen molar-refractivity contribution < 1.29 is 18.3 Å². The van der Waals surface area contributed by atoms with Crippen LogP contribution in [0.5, 0.6) is 0 Å². The van der Waals surface area contributed by atoms with Gasteiger partial charge in [-0.15, -0.1) is 11.3 Å². The first-order valence-corrected chi connectivity index (χ1v) is 8.96. The summed E-state index contributed by atoms with van der Waals surface area (Å²) in [6, 6.07) is 9.35. The predicted octanol–water partition coefficient (Wildman–Crippen LogP) is 2.14. The van der Waals surface area contributed by atoms with Gasteiger partial charge < -0.3 is 5.11 Å². The molecule has 0 bridgehead atoms. The Morgan fingerprint density at radius 1 is 1.32 bits per heavy atom. The van der Waals surface area contributed by atoms with Gasteiger partial charge in [0.15, 0.2) is 5.78 Å². The van der Waals surface area contributed by atoms with E-state index in [2.05, 4.69) is 4.72 Å². The lowest BCUT2D eigenvalue weighted by Crippen LogP contribution is -2.38. The van der Waals surface area contributed by atoms with E-state index in [1.54, 1.807) is 25.1 Å². The van der Waals surface area contributed by atoms with E-state index < -0.39 is 15.6 Å². The van der Waals surface area contributed by atoms with Gasteiger partial charge in [-0.25, -0.2) is 13.1 Å². The highest BCUT2D eigenvalue weighted by molar-refractivity contribution is 7.89. The minimum atomic E-state index is -3.80. The summed E-state index contributed by atoms with van der Waals surface area (Å²) in [5, 5.41) is 12.2. The molecule has 1 atom stereocenters. The Kier molecular flexibility index (Phi) is 4.81. The van der Waals surface area contributed by atoms with E-state index in [0.717, 1.165) is 0 Å². The number of hydrogen-bond donors (Lipinski definition) is 2. The van der Waals surface area contributed by atoms with Crippen LogP contribution in [-0.4, -0.2) is 25.9 Å². The number of carbonyl (C=O) groups is 1. The molecule has 1 heterocycles. The van der Waals surface area contributed by atoms with Crippen LogP contribution in [0.1, 0.15) is 29.1 Å². The lowest BCUT2D eigenvalue weighted by atomic mass is 10.1. The Labute approximate surface area is 133 Å². The van der Waals surface area contributed by atoms with E-state index in [-0.39, 0.29) is 17.2 Å². The molecule has 2 rings (SSSR count). The van der Waals surface area contributed by atoms with Crippen LogP contribution in [0.25, 0.3) is 0 Å². The number of aliphatic hydroxyl groups is 1. The minimum absolute atomic E-state index is 0.00202. The summed E-state index contributed by atoms with van der Waals surface area (Å²) < 4.78 is 27.0. The molecule has 1 unspecified atom stereocenters. The lowest BCUT2D eigenvalue weighted by molar-refractivity contribution is 0.0666. The highest BCUT2D eigenvalue weighted by atomic mass is 32.2. The second kappa shape index (κ2) is 6.29. The fourth-order valence-electron chi connectivity index (χ4n) is 1.87. The normalized spacial score (nSPS) is 14.5. The minimum Gasteiger partial charge on any atom is -0.383 e. The monoisotopic (exact) mass is 339 g/mol. The summed E-state index contributed by atoms with van der Waals surface area (Å²) >= 11 is 1.35. The van der Waals surface area contributed by atoms with Gasteiger partial charge in [0.05, 0.1) is 4.90 Å². The van der Waals surface area contributed by atoms with Gasteiger partial charge >= 0.3 is 0 Å². The van der Waals surface area contributed by atoms with Crippen molar-refractivity contribution in [1.82, 2.24) is 4.72 Å². The number of hydrogen-bond acceptors (Lipinski definition) is 5. The molecule has 0 saturated carbocycles. The van der Waals surface area contributed by atoms with E-state index in [1.807, 2.05) is 5.38 Å². The Bertz CT molecular complexity index is 765. The van der Waals surface area contributed by atoms with Crippen LogP contribution in [0.4, 0.5) is 0 Å². The van der Waals surface area contributed by atoms with Crippen molar-refractivity contribution in [3.63, 3.8) is 0 Å². The smallest absolute Gasteiger partial charge is 0.240 e. The van der Waals surface area contributed by atoms with Gasteiger partial charge in [0.2, 0.25) is 10.0 Å². The highest BCUT2D eigenvalue weighted by Gasteiger charge is 2.27. The molecule has 2 N–H and O–H groups in total. The Balaban J connectivity index is 2.18. The SMILES string of the molecule is CC(=O)c1cccc(S(=O)(=O)NCC(C)(O)c2cccs2)c1. The summed E-state index contributed by atoms with van der Waals surface area (Å²) in [7, 11) is -3.80. The standard InChI is InChI=1S/C15H17NO4S2/c1-11(17)12-5-3-6-13(9-12)22(19,20)16-10-15(2,18)14-7-4-8-21-14/h3-9,16,18H,10H2,1-2H3. The van der Waals surface area contributed by atoms with Gasteiger partial charge in [0.25, 0.3) is 0 Å². The fourth-order valence-corrected chi connectivity index (χ4v) is 3.84. The lowest BCUT2D eigenvalue weighted by Gasteiger charge is -2.22. The van der Waals surface area contributed by atoms with Crippen molar-refractivity contribution in [1.29, 1.82) is 0 Å². The summed E-state index contributed by atoms with van der Waals surface area (Å²) in [5.74, 6) is -0.206. The molecule has 0 aliphatic carbocycles. The Hall–Kier alpha value is -1.54. The number of rotatable bonds is 6. The van der Waals surface area contributed by atoms with E-state index >= 15 is 0 Å². The molecule has 0 radical (unpaired) electrons. The molecule has 118 valence electrons. The molecule has 0 spiro atoms. The average molecular weight is 339 g/mol. The van der Waals surface area contributed by atoms with Crippen molar-refractivity contribution in [3.8, 4) is 0 Å². The molecular formula is C15H17NO4S2. The molecule has 0 saturated heterocycles. The first-order valence-electron chi connectivity index (χ1n) is 6.59. The van der Waals surface area contributed by atoms with E-state index in [4.69, 9.17) is 0 Å². The van der Waals surface area contributed by atoms with Crippen LogP contribution < -0.4 is 4.72 Å². The summed E-state index contributed by atoms with van der Waals surface area (Å²) in [6.07, 6.45) is 0. The summed E-state index contributed by atoms with van der Waals surface area (Å²) in [4.78, 5) is 12.0. The third kappa shape index (κ3) is 3.80. The summed E-state index contributed by atoms with van der Waals surface area (Å²) in [5.41, 5.74) is -0.965. The van der Waals surface area contributed by atoms with E-state index in [0.29, 0.717) is 10.4 Å². The van der Waals surface area contributed by atoms with Crippen LogP contribution in [0, 0.1) is 0 Å². The van der Waals surface area contributed by atoms with Gasteiger partial charge in [0, 0.05) is 17.0 Å². The molecule has 22 heavy (non-hydrogen) atoms. The van der Waals surface area contributed by atoms with Crippen molar-refractivity contribution in [3.05, 3.63) is 52.2 Å². The molecule has 1 aromatic heterocycles. The molecule has 5 nitrogen and oxygen atoms in total. The Morgan fingerprint density at radius 2 is 2.05 bits per heavy atom. The van der Waals surface area contributed by atoms with Crippen LogP contribution in [0.2, 0.25) is 0 Å². The van der Waals surface area contributed by atoms with E-state index in [1.165, 1.54) is 36.5 Å². The third-order valence-corrected chi connectivity index (χ3v) is 5.73. The highest BCUT2D eigenvalue weighted by Crippen LogP contribution is 2.25. The van der Waals surface area contributed by atoms with Gasteiger partial charge in [-0.1, -0.05) is 18.2 Å². The Morgan fingerprint density at radius 3 is 2.64 bits per heavy atom. The second-order valence-electron chi connectivity index (χ2n) is 5.16. The summed E-state index contributed by atoms with van der Waals surface area (Å²) in [6.45, 7) is 2.77. The van der Waals surface area contributed by atoms with Crippen LogP contribution >= 0.6 is 11.3 Å². The van der Waals surface area contributed by atoms with E-state index in [9.17, 15) is 18.3 Å². The molecule has 0 aliphatic heterocycles. The zero-order valence-corrected chi connectivity index (χ0v) is 13.9. The molecular weight excluding hydrogens is 322 g/mol. The number of benzene rings is 1. The largest absolute Gasteiger partial charge is 0.383 e. The fraction of sp³-hybridized carbons (Fsp3) is 0.267. The zero-order valence-electron chi connectivity index (χ0n) is 12.2. The van der Waals surface area contributed by atoms with Gasteiger partial charge in [-0.05, 0) is 37.4 Å². The quantitative estimate of drug-likeness (QED) is 0.790. The van der Waals surface area contributed by atoms with Gasteiger partial charge in [-0.3, -0.25) is 4.79 Å². The number of ketones is 1. The number of thiophene rings is 1. The number of Topliss-reactive ketones (excluding diaryl/α,β-unsaturated/α-hetero) is 1. The van der Waals surface area contributed by atoms with Crippen molar-refractivity contribution in [2.24, 2.45) is 0 Å². The number of nitrogens with one attached hydrogen (secondary N) is 1. The average Bonchev–Trinajstić information content (AvgIpc) is 3.01. The van der Waals surface area contributed by atoms with Crippen LogP contribution in [0.3, 0.4) is 0 Å². The predicted molar refractivity (Wildman–Crippen MR) is 85.5 cm³/mol. The number of sulfonamides is 1. The molecule has 7 heteroatoms. The molecule has 0 fully saturated rings. The maximum atomic E-state index is 12.3. The van der Waals surface area contributed by atoms with Crippen molar-refractivity contribution in [2.75, 3.05) is 6.54 Å². The first-order chi connectivity index (χ1) is 10.2. The third-order valence-electron chi connectivity index (χ3n) is 3.21. The number of carbonyl (C=O) groups excluding carboxylic acids is 1. The van der Waals surface area contributed by atoms with Gasteiger partial charge in [-0.2, -0.15) is 0 Å². The van der Waals surface area contributed by atoms with Crippen LogP contribution in [0.15, 0.2) is 46.7 Å².